The van der Waals surface area contributed by atoms with E-state index in [0.717, 1.165) is 0 Å². The van der Waals surface area contributed by atoms with Crippen molar-refractivity contribution in [1.29, 1.82) is 0 Å². The summed E-state index contributed by atoms with van der Waals surface area (Å²) >= 11 is 0. The van der Waals surface area contributed by atoms with Crippen molar-refractivity contribution in [3.8, 4) is 17.6 Å². The Morgan fingerprint density at radius 3 is 3.00 bits per heavy atom. The summed E-state index contributed by atoms with van der Waals surface area (Å²) in [6.07, 6.45) is 0. The van der Waals surface area contributed by atoms with Crippen molar-refractivity contribution in [3.05, 3.63) is 34.0 Å². The topological polar surface area (TPSA) is 45.9 Å². The van der Waals surface area contributed by atoms with E-state index < -0.39 is 0 Å². The lowest BCUT2D eigenvalue weighted by Gasteiger charge is -1.92. The standard InChI is InChI=1S/C8H5NO3/c10-9-4-6-1-2-7-8(3-6)12-5-11-7/h1-3H,5H2. The number of rotatable bonds is 0. The molecule has 1 aliphatic rings. The van der Waals surface area contributed by atoms with E-state index >= 15 is 0 Å². The monoisotopic (exact) mass is 163 g/mol. The van der Waals surface area contributed by atoms with Crippen LogP contribution in [-0.4, -0.2) is 6.79 Å². The first-order valence-corrected chi connectivity index (χ1v) is 3.38. The van der Waals surface area contributed by atoms with Crippen LogP contribution in [0.15, 0.2) is 18.2 Å². The SMILES string of the molecule is [O-][N+]#Cc1ccc2c(c1)OCO2. The zero-order valence-electron chi connectivity index (χ0n) is 6.11. The van der Waals surface area contributed by atoms with E-state index in [1.165, 1.54) is 0 Å². The molecule has 0 fully saturated rings. The smallest absolute Gasteiger partial charge is 0.336 e. The van der Waals surface area contributed by atoms with E-state index in [1.807, 2.05) is 0 Å². The summed E-state index contributed by atoms with van der Waals surface area (Å²) in [5, 5.41) is 12.4. The maximum atomic E-state index is 9.84. The van der Waals surface area contributed by atoms with E-state index in [1.54, 1.807) is 18.2 Å². The first-order valence-electron chi connectivity index (χ1n) is 3.38. The van der Waals surface area contributed by atoms with Crippen LogP contribution in [0.1, 0.15) is 5.56 Å². The molecule has 60 valence electrons. The van der Waals surface area contributed by atoms with Gasteiger partial charge >= 0.3 is 6.07 Å². The Hall–Kier alpha value is -1.89. The van der Waals surface area contributed by atoms with Crippen molar-refractivity contribution in [2.24, 2.45) is 0 Å². The molecule has 2 rings (SSSR count). The Labute approximate surface area is 68.7 Å². The molecular formula is C8H5NO3. The maximum absolute atomic E-state index is 9.84. The molecule has 1 aromatic carbocycles. The summed E-state index contributed by atoms with van der Waals surface area (Å²) in [7, 11) is 0. The molecule has 0 saturated carbocycles. The Balaban J connectivity index is 2.43. The Bertz CT molecular complexity index is 364. The van der Waals surface area contributed by atoms with Gasteiger partial charge in [0.1, 0.15) is 5.56 Å². The molecule has 0 N–H and O–H groups in total. The van der Waals surface area contributed by atoms with Gasteiger partial charge in [-0.05, 0) is 12.1 Å². The van der Waals surface area contributed by atoms with Gasteiger partial charge in [0.05, 0.1) is 0 Å². The number of benzene rings is 1. The minimum Gasteiger partial charge on any atom is -0.498 e. The Kier molecular flexibility index (Phi) is 1.49. The molecule has 0 atom stereocenters. The quantitative estimate of drug-likeness (QED) is 0.545. The Morgan fingerprint density at radius 1 is 1.33 bits per heavy atom. The van der Waals surface area contributed by atoms with Crippen LogP contribution in [0.25, 0.3) is 5.01 Å². The zero-order valence-corrected chi connectivity index (χ0v) is 6.11. The third kappa shape index (κ3) is 1.01. The normalized spacial score (nSPS) is 12.0. The second-order valence-corrected chi connectivity index (χ2v) is 2.27. The van der Waals surface area contributed by atoms with Gasteiger partial charge in [0.25, 0.3) is 0 Å². The van der Waals surface area contributed by atoms with Crippen LogP contribution in [0, 0.1) is 11.3 Å². The minimum absolute atomic E-state index is 0.229. The van der Waals surface area contributed by atoms with E-state index in [0.29, 0.717) is 17.1 Å². The van der Waals surface area contributed by atoms with Crippen LogP contribution in [-0.2, 0) is 0 Å². The van der Waals surface area contributed by atoms with Crippen LogP contribution in [0.3, 0.4) is 0 Å². The summed E-state index contributed by atoms with van der Waals surface area (Å²) < 4.78 is 10.2. The first-order chi connectivity index (χ1) is 5.90. The number of fused-ring (bicyclic) bond motifs is 1. The first kappa shape index (κ1) is 6.80. The van der Waals surface area contributed by atoms with Crippen molar-refractivity contribution in [3.63, 3.8) is 0 Å². The molecule has 0 bridgehead atoms. The average molecular weight is 163 g/mol. The van der Waals surface area contributed by atoms with Crippen molar-refractivity contribution in [1.82, 2.24) is 0 Å². The van der Waals surface area contributed by atoms with Gasteiger partial charge in [-0.25, -0.2) is 0 Å². The molecule has 0 aliphatic carbocycles. The molecule has 12 heavy (non-hydrogen) atoms. The van der Waals surface area contributed by atoms with Crippen LogP contribution in [0.2, 0.25) is 0 Å². The molecule has 0 aromatic heterocycles. The lowest BCUT2D eigenvalue weighted by atomic mass is 10.2. The lowest BCUT2D eigenvalue weighted by molar-refractivity contribution is 0.174. The van der Waals surface area contributed by atoms with E-state index in [4.69, 9.17) is 9.47 Å². The van der Waals surface area contributed by atoms with Gasteiger partial charge in [0, 0.05) is 11.1 Å². The second-order valence-electron chi connectivity index (χ2n) is 2.27. The number of hydrogen-bond donors (Lipinski definition) is 0. The van der Waals surface area contributed by atoms with E-state index in [-0.39, 0.29) is 6.79 Å². The van der Waals surface area contributed by atoms with Crippen LogP contribution in [0.4, 0.5) is 0 Å². The maximum Gasteiger partial charge on any atom is 0.336 e. The molecule has 0 unspecified atom stereocenters. The van der Waals surface area contributed by atoms with Gasteiger partial charge in [-0.15, -0.1) is 0 Å². The molecule has 0 radical (unpaired) electrons. The fourth-order valence-corrected chi connectivity index (χ4v) is 1.02. The van der Waals surface area contributed by atoms with Gasteiger partial charge in [0.2, 0.25) is 6.79 Å². The molecular weight excluding hydrogens is 158 g/mol. The van der Waals surface area contributed by atoms with Crippen molar-refractivity contribution < 1.29 is 9.47 Å². The van der Waals surface area contributed by atoms with Crippen LogP contribution >= 0.6 is 0 Å². The van der Waals surface area contributed by atoms with Crippen molar-refractivity contribution >= 4 is 0 Å². The van der Waals surface area contributed by atoms with Gasteiger partial charge < -0.3 is 14.7 Å². The average Bonchev–Trinajstić information content (AvgIpc) is 2.51. The summed E-state index contributed by atoms with van der Waals surface area (Å²) in [5.74, 6) is 1.31. The third-order valence-electron chi connectivity index (χ3n) is 1.55. The molecule has 4 nitrogen and oxygen atoms in total. The van der Waals surface area contributed by atoms with Gasteiger partial charge in [-0.2, -0.15) is 0 Å². The fraction of sp³-hybridized carbons (Fsp3) is 0.125. The molecule has 1 aromatic rings. The highest BCUT2D eigenvalue weighted by Gasteiger charge is 2.13. The number of nitrogens with zero attached hydrogens (tertiary/aromatic N) is 1. The molecule has 4 heteroatoms. The zero-order chi connectivity index (χ0) is 8.39. The molecule has 1 heterocycles. The van der Waals surface area contributed by atoms with Crippen LogP contribution < -0.4 is 9.47 Å². The largest absolute Gasteiger partial charge is 0.498 e. The third-order valence-corrected chi connectivity index (χ3v) is 1.55. The number of hydrogen-bond acceptors (Lipinski definition) is 3. The number of ether oxygens (including phenoxy) is 2. The van der Waals surface area contributed by atoms with Crippen LogP contribution in [0.5, 0.6) is 11.5 Å². The van der Waals surface area contributed by atoms with Gasteiger partial charge in [-0.1, -0.05) is 0 Å². The Morgan fingerprint density at radius 2 is 2.17 bits per heavy atom. The second kappa shape index (κ2) is 2.62. The summed E-state index contributed by atoms with van der Waals surface area (Å²) in [6.45, 7) is 0.229. The highest BCUT2D eigenvalue weighted by atomic mass is 16.7. The van der Waals surface area contributed by atoms with E-state index in [2.05, 4.69) is 11.1 Å². The highest BCUT2D eigenvalue weighted by molar-refractivity contribution is 5.48. The minimum atomic E-state index is 0.229. The van der Waals surface area contributed by atoms with Gasteiger partial charge in [0.15, 0.2) is 11.5 Å². The van der Waals surface area contributed by atoms with Gasteiger partial charge in [-0.3, -0.25) is 0 Å². The van der Waals surface area contributed by atoms with Crippen molar-refractivity contribution in [2.45, 2.75) is 0 Å². The lowest BCUT2D eigenvalue weighted by Crippen LogP contribution is -1.92. The molecule has 0 spiro atoms. The van der Waals surface area contributed by atoms with Crippen molar-refractivity contribution in [2.75, 3.05) is 6.79 Å². The molecule has 0 saturated heterocycles. The molecule has 0 amide bonds. The summed E-state index contributed by atoms with van der Waals surface area (Å²) in [5.41, 5.74) is 0.592. The predicted molar refractivity (Wildman–Crippen MR) is 42.3 cm³/mol. The predicted octanol–water partition coefficient (Wildman–Crippen LogP) is 1.59. The highest BCUT2D eigenvalue weighted by Crippen LogP contribution is 2.32. The van der Waals surface area contributed by atoms with E-state index in [9.17, 15) is 5.21 Å². The summed E-state index contributed by atoms with van der Waals surface area (Å²) in [6, 6.07) is 7.34. The summed E-state index contributed by atoms with van der Waals surface area (Å²) in [4.78, 5) is 0. The fourth-order valence-electron chi connectivity index (χ4n) is 1.02. The molecule has 1 aliphatic heterocycles.